The molecule has 0 spiro atoms. The van der Waals surface area contributed by atoms with Crippen molar-refractivity contribution in [3.63, 3.8) is 0 Å². The van der Waals surface area contributed by atoms with E-state index in [2.05, 4.69) is 76.8 Å². The first-order valence-electron chi connectivity index (χ1n) is 12.2. The number of rotatable bonds is 5. The highest BCUT2D eigenvalue weighted by Gasteiger charge is 2.31. The van der Waals surface area contributed by atoms with Crippen LogP contribution in [0.5, 0.6) is 0 Å². The van der Waals surface area contributed by atoms with Crippen LogP contribution in [-0.4, -0.2) is 0 Å². The van der Waals surface area contributed by atoms with Crippen LogP contribution in [0.1, 0.15) is 86.8 Å². The molecule has 0 aliphatic heterocycles. The molecule has 0 nitrogen and oxygen atoms in total. The van der Waals surface area contributed by atoms with Crippen LogP contribution in [0.15, 0.2) is 65.7 Å². The fraction of sp³-hybridized carbons (Fsp3) is 0.467. The third kappa shape index (κ3) is 6.36. The van der Waals surface area contributed by atoms with Crippen molar-refractivity contribution in [1.29, 1.82) is 0 Å². The molecule has 0 N–H and O–H groups in total. The average Bonchev–Trinajstić information content (AvgIpc) is 2.83. The van der Waals surface area contributed by atoms with Gasteiger partial charge in [0.2, 0.25) is 0 Å². The van der Waals surface area contributed by atoms with Crippen molar-refractivity contribution >= 4 is 15.9 Å². The van der Waals surface area contributed by atoms with Gasteiger partial charge in [-0.3, -0.25) is 0 Å². The van der Waals surface area contributed by atoms with Gasteiger partial charge in [-0.15, -0.1) is 6.58 Å². The first kappa shape index (κ1) is 22.4. The first-order valence-corrected chi connectivity index (χ1v) is 13.0. The number of hydrogen-bond donors (Lipinski definition) is 0. The Kier molecular flexibility index (Phi) is 8.09. The second kappa shape index (κ2) is 11.2. The molecule has 0 amide bonds. The van der Waals surface area contributed by atoms with Gasteiger partial charge in [-0.2, -0.15) is 0 Å². The Labute approximate surface area is 197 Å². The lowest BCUT2D eigenvalue weighted by Crippen LogP contribution is -2.25. The van der Waals surface area contributed by atoms with Crippen molar-refractivity contribution in [3.8, 4) is 11.8 Å². The molecule has 2 aliphatic carbocycles. The van der Waals surface area contributed by atoms with Gasteiger partial charge in [0.05, 0.1) is 0 Å². The molecule has 31 heavy (non-hydrogen) atoms. The number of allylic oxidation sites excluding steroid dienone is 1. The van der Waals surface area contributed by atoms with Gasteiger partial charge in [0.15, 0.2) is 0 Å². The summed E-state index contributed by atoms with van der Waals surface area (Å²) in [7, 11) is 0. The SMILES string of the molecule is C=CCC[C@H]1CC[C@H]([C@H]2CC[C@H](c3ccc(C#Cc4ccc(Br)cc4)cc3)CC2)CC1. The van der Waals surface area contributed by atoms with Crippen LogP contribution in [0.3, 0.4) is 0 Å². The second-order valence-corrected chi connectivity index (χ2v) is 10.6. The number of halogens is 1. The van der Waals surface area contributed by atoms with E-state index in [1.807, 2.05) is 12.1 Å². The lowest BCUT2D eigenvalue weighted by molar-refractivity contribution is 0.157. The summed E-state index contributed by atoms with van der Waals surface area (Å²) in [5, 5.41) is 0. The van der Waals surface area contributed by atoms with Crippen LogP contribution in [0.25, 0.3) is 0 Å². The molecule has 2 saturated carbocycles. The van der Waals surface area contributed by atoms with E-state index in [9.17, 15) is 0 Å². The van der Waals surface area contributed by atoms with Crippen molar-refractivity contribution in [2.45, 2.75) is 70.1 Å². The van der Waals surface area contributed by atoms with Crippen molar-refractivity contribution in [2.75, 3.05) is 0 Å². The maximum absolute atomic E-state index is 3.89. The van der Waals surface area contributed by atoms with E-state index in [0.29, 0.717) is 0 Å². The van der Waals surface area contributed by atoms with E-state index in [4.69, 9.17) is 0 Å². The van der Waals surface area contributed by atoms with Crippen LogP contribution < -0.4 is 0 Å². The van der Waals surface area contributed by atoms with Gasteiger partial charge in [-0.25, -0.2) is 0 Å². The Morgan fingerprint density at radius 1 is 0.742 bits per heavy atom. The lowest BCUT2D eigenvalue weighted by atomic mass is 9.68. The predicted octanol–water partition coefficient (Wildman–Crippen LogP) is 8.90. The summed E-state index contributed by atoms with van der Waals surface area (Å²) >= 11 is 3.47. The lowest BCUT2D eigenvalue weighted by Gasteiger charge is -2.38. The van der Waals surface area contributed by atoms with Crippen molar-refractivity contribution in [2.24, 2.45) is 17.8 Å². The smallest absolute Gasteiger partial charge is 0.0249 e. The average molecular weight is 476 g/mol. The molecule has 2 aromatic carbocycles. The minimum atomic E-state index is 0.744. The van der Waals surface area contributed by atoms with Gasteiger partial charge >= 0.3 is 0 Å². The minimum absolute atomic E-state index is 0.744. The van der Waals surface area contributed by atoms with Gasteiger partial charge in [-0.05, 0) is 117 Å². The number of hydrogen-bond acceptors (Lipinski definition) is 0. The fourth-order valence-corrected chi connectivity index (χ4v) is 6.01. The zero-order valence-corrected chi connectivity index (χ0v) is 20.2. The molecular weight excluding hydrogens is 440 g/mol. The molecule has 0 aromatic heterocycles. The van der Waals surface area contributed by atoms with Crippen LogP contribution >= 0.6 is 15.9 Å². The Morgan fingerprint density at radius 3 is 1.81 bits per heavy atom. The fourth-order valence-electron chi connectivity index (χ4n) is 5.74. The third-order valence-electron chi connectivity index (χ3n) is 7.69. The van der Waals surface area contributed by atoms with Crippen LogP contribution in [0.4, 0.5) is 0 Å². The summed E-state index contributed by atoms with van der Waals surface area (Å²) in [4.78, 5) is 0. The topological polar surface area (TPSA) is 0 Å². The van der Waals surface area contributed by atoms with E-state index >= 15 is 0 Å². The van der Waals surface area contributed by atoms with Crippen LogP contribution in [0, 0.1) is 29.6 Å². The maximum atomic E-state index is 3.89. The summed E-state index contributed by atoms with van der Waals surface area (Å²) in [6.07, 6.45) is 16.1. The molecule has 162 valence electrons. The molecule has 2 fully saturated rings. The van der Waals surface area contributed by atoms with Crippen molar-refractivity contribution in [1.82, 2.24) is 0 Å². The molecule has 2 aliphatic rings. The minimum Gasteiger partial charge on any atom is -0.103 e. The largest absolute Gasteiger partial charge is 0.103 e. The second-order valence-electron chi connectivity index (χ2n) is 9.64. The summed E-state index contributed by atoms with van der Waals surface area (Å²) < 4.78 is 1.09. The van der Waals surface area contributed by atoms with E-state index in [0.717, 1.165) is 39.3 Å². The molecular formula is C30H35Br. The first-order chi connectivity index (χ1) is 15.2. The van der Waals surface area contributed by atoms with Gasteiger partial charge in [-0.1, -0.05) is 58.8 Å². The number of benzene rings is 2. The van der Waals surface area contributed by atoms with E-state index in [-0.39, 0.29) is 0 Å². The molecule has 1 heteroatoms. The summed E-state index contributed by atoms with van der Waals surface area (Å²) in [5.74, 6) is 10.3. The van der Waals surface area contributed by atoms with Gasteiger partial charge < -0.3 is 0 Å². The molecule has 4 rings (SSSR count). The molecule has 0 radical (unpaired) electrons. The molecule has 0 saturated heterocycles. The van der Waals surface area contributed by atoms with Crippen molar-refractivity contribution in [3.05, 3.63) is 82.3 Å². The van der Waals surface area contributed by atoms with E-state index in [1.54, 1.807) is 0 Å². The molecule has 0 atom stereocenters. The standard InChI is InChI=1S/C30H35Br/c1-2-3-4-23-7-13-26(14-8-23)28-17-19-29(20-18-28)27-15-9-24(10-16-27)5-6-25-11-21-30(31)22-12-25/h2,9-12,15-16,21-23,26,28-29H,1,3-4,7-8,13-14,17-20H2/t23-,26-,28-,29-. The maximum Gasteiger partial charge on any atom is 0.0249 e. The Hall–Kier alpha value is -1.78. The molecule has 0 unspecified atom stereocenters. The Morgan fingerprint density at radius 2 is 1.26 bits per heavy atom. The Balaban J connectivity index is 1.26. The highest BCUT2D eigenvalue weighted by Crippen LogP contribution is 2.44. The quantitative estimate of drug-likeness (QED) is 0.299. The summed E-state index contributed by atoms with van der Waals surface area (Å²) in [6, 6.07) is 17.2. The van der Waals surface area contributed by atoms with E-state index in [1.165, 1.54) is 69.8 Å². The zero-order chi connectivity index (χ0) is 21.5. The van der Waals surface area contributed by atoms with Gasteiger partial charge in [0, 0.05) is 15.6 Å². The molecule has 2 aromatic rings. The highest BCUT2D eigenvalue weighted by molar-refractivity contribution is 9.10. The van der Waals surface area contributed by atoms with Crippen LogP contribution in [-0.2, 0) is 0 Å². The Bertz CT molecular complexity index is 880. The third-order valence-corrected chi connectivity index (χ3v) is 8.22. The normalized spacial score (nSPS) is 26.0. The molecule has 0 bridgehead atoms. The van der Waals surface area contributed by atoms with Gasteiger partial charge in [0.1, 0.15) is 0 Å². The van der Waals surface area contributed by atoms with E-state index < -0.39 is 0 Å². The highest BCUT2D eigenvalue weighted by atomic mass is 79.9. The predicted molar refractivity (Wildman–Crippen MR) is 136 cm³/mol. The molecule has 0 heterocycles. The van der Waals surface area contributed by atoms with Crippen LogP contribution in [0.2, 0.25) is 0 Å². The summed E-state index contributed by atoms with van der Waals surface area (Å²) in [5.41, 5.74) is 3.68. The monoisotopic (exact) mass is 474 g/mol. The van der Waals surface area contributed by atoms with Gasteiger partial charge in [0.25, 0.3) is 0 Å². The van der Waals surface area contributed by atoms with Crippen molar-refractivity contribution < 1.29 is 0 Å². The zero-order valence-electron chi connectivity index (χ0n) is 18.7. The summed E-state index contributed by atoms with van der Waals surface area (Å²) in [6.45, 7) is 3.89.